The third kappa shape index (κ3) is 4.20. The number of ether oxygens (including phenoxy) is 1. The first-order chi connectivity index (χ1) is 13.8. The molecule has 4 rings (SSSR count). The topological polar surface area (TPSA) is 15.7 Å². The number of piperazine rings is 1. The van der Waals surface area contributed by atoms with Gasteiger partial charge in [0.2, 0.25) is 0 Å². The van der Waals surface area contributed by atoms with Crippen LogP contribution in [0.25, 0.3) is 0 Å². The molecule has 3 aromatic rings. The zero-order valence-electron chi connectivity index (χ0n) is 16.5. The van der Waals surface area contributed by atoms with Crippen molar-refractivity contribution in [3.8, 4) is 5.75 Å². The van der Waals surface area contributed by atoms with Crippen LogP contribution in [0.4, 0.5) is 5.69 Å². The number of benzene rings is 3. The van der Waals surface area contributed by atoms with Gasteiger partial charge in [-0.25, -0.2) is 0 Å². The third-order valence-corrected chi connectivity index (χ3v) is 5.64. The van der Waals surface area contributed by atoms with Crippen LogP contribution in [0.15, 0.2) is 84.9 Å². The minimum Gasteiger partial charge on any atom is -0.495 e. The van der Waals surface area contributed by atoms with E-state index in [-0.39, 0.29) is 0 Å². The van der Waals surface area contributed by atoms with Crippen molar-refractivity contribution in [2.24, 2.45) is 0 Å². The van der Waals surface area contributed by atoms with E-state index in [2.05, 4.69) is 82.6 Å². The number of anilines is 1. The van der Waals surface area contributed by atoms with Crippen molar-refractivity contribution in [3.63, 3.8) is 0 Å². The van der Waals surface area contributed by atoms with Crippen molar-refractivity contribution in [3.05, 3.63) is 96.1 Å². The summed E-state index contributed by atoms with van der Waals surface area (Å²) >= 11 is 0. The monoisotopic (exact) mass is 372 g/mol. The molecule has 3 heteroatoms. The molecule has 0 aromatic heterocycles. The van der Waals surface area contributed by atoms with Crippen molar-refractivity contribution in [2.75, 3.05) is 44.7 Å². The summed E-state index contributed by atoms with van der Waals surface area (Å²) in [6.45, 7) is 5.23. The number of nitrogens with zero attached hydrogens (tertiary/aromatic N) is 2. The Morgan fingerprint density at radius 2 is 1.25 bits per heavy atom. The highest BCUT2D eigenvalue weighted by atomic mass is 16.5. The fourth-order valence-electron chi connectivity index (χ4n) is 4.09. The van der Waals surface area contributed by atoms with Gasteiger partial charge in [0, 0.05) is 38.6 Å². The fourth-order valence-corrected chi connectivity index (χ4v) is 4.09. The first-order valence-electron chi connectivity index (χ1n) is 10.1. The molecule has 0 unspecified atom stereocenters. The normalized spacial score (nSPS) is 15.0. The summed E-state index contributed by atoms with van der Waals surface area (Å²) in [5, 5.41) is 0. The van der Waals surface area contributed by atoms with Crippen molar-refractivity contribution < 1.29 is 4.74 Å². The lowest BCUT2D eigenvalue weighted by molar-refractivity contribution is 0.250. The maximum absolute atomic E-state index is 5.55. The van der Waals surface area contributed by atoms with Gasteiger partial charge >= 0.3 is 0 Å². The molecule has 144 valence electrons. The van der Waals surface area contributed by atoms with Gasteiger partial charge in [-0.2, -0.15) is 0 Å². The average Bonchev–Trinajstić information content (AvgIpc) is 2.79. The fraction of sp³-hybridized carbons (Fsp3) is 0.280. The molecule has 0 atom stereocenters. The largest absolute Gasteiger partial charge is 0.495 e. The second-order valence-corrected chi connectivity index (χ2v) is 7.33. The summed E-state index contributed by atoms with van der Waals surface area (Å²) in [4.78, 5) is 5.03. The van der Waals surface area contributed by atoms with E-state index in [9.17, 15) is 0 Å². The Morgan fingerprint density at radius 1 is 0.714 bits per heavy atom. The maximum atomic E-state index is 5.55. The van der Waals surface area contributed by atoms with Gasteiger partial charge < -0.3 is 9.64 Å². The quantitative estimate of drug-likeness (QED) is 0.626. The van der Waals surface area contributed by atoms with E-state index in [1.54, 1.807) is 7.11 Å². The number of hydrogen-bond donors (Lipinski definition) is 0. The van der Waals surface area contributed by atoms with Crippen LogP contribution in [0, 0.1) is 0 Å². The van der Waals surface area contributed by atoms with Gasteiger partial charge in [-0.3, -0.25) is 4.90 Å². The lowest BCUT2D eigenvalue weighted by atomic mass is 9.90. The van der Waals surface area contributed by atoms with Crippen LogP contribution < -0.4 is 9.64 Å². The first-order valence-corrected chi connectivity index (χ1v) is 10.1. The van der Waals surface area contributed by atoms with Gasteiger partial charge in [0.1, 0.15) is 5.75 Å². The molecule has 1 fully saturated rings. The molecule has 0 radical (unpaired) electrons. The Kier molecular flexibility index (Phi) is 5.93. The number of rotatable bonds is 6. The number of para-hydroxylation sites is 2. The summed E-state index contributed by atoms with van der Waals surface area (Å²) < 4.78 is 5.55. The first kappa shape index (κ1) is 18.6. The minimum atomic E-state index is 0.403. The van der Waals surface area contributed by atoms with Crippen LogP contribution in [0.5, 0.6) is 5.75 Å². The highest BCUT2D eigenvalue weighted by Crippen LogP contribution is 2.30. The lowest BCUT2D eigenvalue weighted by Crippen LogP contribution is -2.47. The molecule has 0 saturated carbocycles. The summed E-state index contributed by atoms with van der Waals surface area (Å²) in [6.07, 6.45) is 0. The van der Waals surface area contributed by atoms with Crippen LogP contribution in [-0.2, 0) is 0 Å². The van der Waals surface area contributed by atoms with Crippen LogP contribution >= 0.6 is 0 Å². The summed E-state index contributed by atoms with van der Waals surface area (Å²) in [5.41, 5.74) is 3.98. The molecule has 0 spiro atoms. The van der Waals surface area contributed by atoms with Gasteiger partial charge in [0.25, 0.3) is 0 Å². The number of methoxy groups -OCH3 is 1. The van der Waals surface area contributed by atoms with Crippen molar-refractivity contribution in [2.45, 2.75) is 5.92 Å². The number of hydrogen-bond acceptors (Lipinski definition) is 3. The molecule has 1 aliphatic rings. The van der Waals surface area contributed by atoms with E-state index >= 15 is 0 Å². The van der Waals surface area contributed by atoms with E-state index < -0.39 is 0 Å². The minimum absolute atomic E-state index is 0.403. The van der Waals surface area contributed by atoms with Crippen molar-refractivity contribution >= 4 is 5.69 Å². The van der Waals surface area contributed by atoms with Crippen LogP contribution in [0.2, 0.25) is 0 Å². The predicted octanol–water partition coefficient (Wildman–Crippen LogP) is 4.65. The van der Waals surface area contributed by atoms with Gasteiger partial charge in [0.05, 0.1) is 12.8 Å². The lowest BCUT2D eigenvalue weighted by Gasteiger charge is -2.38. The van der Waals surface area contributed by atoms with E-state index in [0.29, 0.717) is 5.92 Å². The van der Waals surface area contributed by atoms with Crippen molar-refractivity contribution in [1.29, 1.82) is 0 Å². The van der Waals surface area contributed by atoms with Crippen LogP contribution in [0.1, 0.15) is 17.0 Å². The molecule has 0 bridgehead atoms. The molecule has 1 saturated heterocycles. The second kappa shape index (κ2) is 8.94. The molecule has 0 aliphatic carbocycles. The second-order valence-electron chi connectivity index (χ2n) is 7.33. The molecule has 3 nitrogen and oxygen atoms in total. The molecule has 1 aliphatic heterocycles. The van der Waals surface area contributed by atoms with Gasteiger partial charge in [0.15, 0.2) is 0 Å². The zero-order chi connectivity index (χ0) is 19.2. The zero-order valence-corrected chi connectivity index (χ0v) is 16.5. The van der Waals surface area contributed by atoms with E-state index in [0.717, 1.165) is 38.5 Å². The van der Waals surface area contributed by atoms with E-state index in [1.807, 2.05) is 12.1 Å². The Balaban J connectivity index is 1.46. The molecular formula is C25H28N2O. The highest BCUT2D eigenvalue weighted by Gasteiger charge is 2.23. The molecular weight excluding hydrogens is 344 g/mol. The molecule has 3 aromatic carbocycles. The Bertz CT molecular complexity index is 818. The molecule has 0 amide bonds. The van der Waals surface area contributed by atoms with Crippen LogP contribution in [0.3, 0.4) is 0 Å². The SMILES string of the molecule is COc1ccccc1N1CCN(CC(c2ccccc2)c2ccccc2)CC1. The van der Waals surface area contributed by atoms with Gasteiger partial charge in [-0.15, -0.1) is 0 Å². The predicted molar refractivity (Wildman–Crippen MR) is 116 cm³/mol. The summed E-state index contributed by atoms with van der Waals surface area (Å²) in [5.74, 6) is 1.36. The van der Waals surface area contributed by atoms with E-state index in [1.165, 1.54) is 16.8 Å². The summed E-state index contributed by atoms with van der Waals surface area (Å²) in [7, 11) is 1.75. The molecule has 0 N–H and O–H groups in total. The Labute approximate surface area is 168 Å². The van der Waals surface area contributed by atoms with Crippen LogP contribution in [-0.4, -0.2) is 44.7 Å². The Hall–Kier alpha value is -2.78. The van der Waals surface area contributed by atoms with Crippen molar-refractivity contribution in [1.82, 2.24) is 4.90 Å². The molecule has 1 heterocycles. The standard InChI is InChI=1S/C25H28N2O/c1-28-25-15-9-8-14-24(25)27-18-16-26(17-19-27)20-23(21-10-4-2-5-11-21)22-12-6-3-7-13-22/h2-15,23H,16-20H2,1H3. The highest BCUT2D eigenvalue weighted by molar-refractivity contribution is 5.58. The molecule has 28 heavy (non-hydrogen) atoms. The van der Waals surface area contributed by atoms with E-state index in [4.69, 9.17) is 4.74 Å². The average molecular weight is 373 g/mol. The van der Waals surface area contributed by atoms with Gasteiger partial charge in [-0.1, -0.05) is 72.8 Å². The smallest absolute Gasteiger partial charge is 0.142 e. The maximum Gasteiger partial charge on any atom is 0.142 e. The Morgan fingerprint density at radius 3 is 1.82 bits per heavy atom. The third-order valence-electron chi connectivity index (χ3n) is 5.64. The summed E-state index contributed by atoms with van der Waals surface area (Å²) in [6, 6.07) is 30.1. The van der Waals surface area contributed by atoms with Gasteiger partial charge in [-0.05, 0) is 23.3 Å².